The van der Waals surface area contributed by atoms with Crippen molar-refractivity contribution in [3.05, 3.63) is 0 Å². The van der Waals surface area contributed by atoms with Gasteiger partial charge in [0.2, 0.25) is 5.91 Å². The van der Waals surface area contributed by atoms with Crippen LogP contribution in [-0.2, 0) is 9.53 Å². The van der Waals surface area contributed by atoms with Gasteiger partial charge in [0.1, 0.15) is 12.0 Å². The summed E-state index contributed by atoms with van der Waals surface area (Å²) in [6, 6.07) is 1.70. The lowest BCUT2D eigenvalue weighted by atomic mass is 10.1. The van der Waals surface area contributed by atoms with Crippen molar-refractivity contribution in [2.24, 2.45) is 0 Å². The molecule has 0 aromatic carbocycles. The van der Waals surface area contributed by atoms with Crippen LogP contribution in [0.5, 0.6) is 0 Å². The topological polar surface area (TPSA) is 82.4 Å². The van der Waals surface area contributed by atoms with Crippen molar-refractivity contribution in [2.45, 2.75) is 38.8 Å². The Balaban J connectivity index is 2.26. The van der Waals surface area contributed by atoms with Crippen molar-refractivity contribution in [3.8, 4) is 6.07 Å². The molecule has 0 saturated carbocycles. The van der Waals surface area contributed by atoms with Crippen LogP contribution in [0.15, 0.2) is 0 Å². The quantitative estimate of drug-likeness (QED) is 0.766. The second-order valence-corrected chi connectivity index (χ2v) is 4.98. The molecule has 1 aliphatic heterocycles. The number of carbonyl (C=O) groups excluding carboxylic acids is 2. The van der Waals surface area contributed by atoms with Crippen LogP contribution in [0.25, 0.3) is 0 Å². The van der Waals surface area contributed by atoms with Crippen LogP contribution < -0.4 is 5.32 Å². The highest BCUT2D eigenvalue weighted by atomic mass is 16.6. The highest BCUT2D eigenvalue weighted by Crippen LogP contribution is 2.15. The Morgan fingerprint density at radius 1 is 1.47 bits per heavy atom. The van der Waals surface area contributed by atoms with Gasteiger partial charge in [-0.2, -0.15) is 5.26 Å². The Kier molecular flexibility index (Phi) is 3.94. The molecule has 1 saturated heterocycles. The standard InChI is InChI=1S/C11H17N3O3/c1-11(2,3)17-10(16)14-6-8(7-14)13-9(15)4-5-12/h8H,4,6-7H2,1-3H3,(H,13,15). The fourth-order valence-corrected chi connectivity index (χ4v) is 1.40. The van der Waals surface area contributed by atoms with Gasteiger partial charge in [-0.15, -0.1) is 0 Å². The van der Waals surface area contributed by atoms with Crippen LogP contribution >= 0.6 is 0 Å². The van der Waals surface area contributed by atoms with Crippen LogP contribution in [0.3, 0.4) is 0 Å². The average Bonchev–Trinajstić information content (AvgIpc) is 2.07. The van der Waals surface area contributed by atoms with Crippen molar-refractivity contribution in [2.75, 3.05) is 13.1 Å². The van der Waals surface area contributed by atoms with Crippen molar-refractivity contribution < 1.29 is 14.3 Å². The average molecular weight is 239 g/mol. The Hall–Kier alpha value is -1.77. The maximum absolute atomic E-state index is 11.5. The van der Waals surface area contributed by atoms with Crippen LogP contribution in [-0.4, -0.2) is 41.6 Å². The summed E-state index contributed by atoms with van der Waals surface area (Å²) in [5.74, 6) is -0.304. The smallest absolute Gasteiger partial charge is 0.410 e. The number of amides is 2. The second-order valence-electron chi connectivity index (χ2n) is 4.98. The molecule has 6 nitrogen and oxygen atoms in total. The predicted octanol–water partition coefficient (Wildman–Crippen LogP) is 0.636. The van der Waals surface area contributed by atoms with Gasteiger partial charge in [0.15, 0.2) is 0 Å². The van der Waals surface area contributed by atoms with E-state index < -0.39 is 5.60 Å². The Morgan fingerprint density at radius 3 is 2.53 bits per heavy atom. The third kappa shape index (κ3) is 4.31. The maximum atomic E-state index is 11.5. The highest BCUT2D eigenvalue weighted by Gasteiger charge is 2.34. The number of nitriles is 1. The zero-order valence-electron chi connectivity index (χ0n) is 10.3. The first kappa shape index (κ1) is 13.3. The van der Waals surface area contributed by atoms with Crippen LogP contribution in [0.1, 0.15) is 27.2 Å². The van der Waals surface area contributed by atoms with Gasteiger partial charge in [-0.3, -0.25) is 4.79 Å². The fourth-order valence-electron chi connectivity index (χ4n) is 1.40. The van der Waals surface area contributed by atoms with Gasteiger partial charge >= 0.3 is 6.09 Å². The van der Waals surface area contributed by atoms with E-state index >= 15 is 0 Å². The minimum absolute atomic E-state index is 0.0663. The zero-order valence-corrected chi connectivity index (χ0v) is 10.3. The summed E-state index contributed by atoms with van der Waals surface area (Å²) in [6.07, 6.45) is -0.522. The van der Waals surface area contributed by atoms with E-state index in [1.165, 1.54) is 4.90 Å². The molecular weight excluding hydrogens is 222 g/mol. The number of hydrogen-bond donors (Lipinski definition) is 1. The van der Waals surface area contributed by atoms with E-state index in [1.807, 2.05) is 0 Å². The zero-order chi connectivity index (χ0) is 13.1. The number of carbonyl (C=O) groups is 2. The summed E-state index contributed by atoms with van der Waals surface area (Å²) < 4.78 is 5.16. The fraction of sp³-hybridized carbons (Fsp3) is 0.727. The number of nitrogens with zero attached hydrogens (tertiary/aromatic N) is 2. The van der Waals surface area contributed by atoms with Crippen LogP contribution in [0, 0.1) is 11.3 Å². The molecule has 0 unspecified atom stereocenters. The van der Waals surface area contributed by atoms with Crippen molar-refractivity contribution in [3.63, 3.8) is 0 Å². The molecule has 0 spiro atoms. The largest absolute Gasteiger partial charge is 0.444 e. The molecule has 1 fully saturated rings. The molecule has 1 heterocycles. The first-order valence-electron chi connectivity index (χ1n) is 5.46. The molecule has 0 bridgehead atoms. The van der Waals surface area contributed by atoms with E-state index in [2.05, 4.69) is 5.32 Å². The lowest BCUT2D eigenvalue weighted by molar-refractivity contribution is -0.122. The van der Waals surface area contributed by atoms with Gasteiger partial charge in [0.25, 0.3) is 0 Å². The number of rotatable bonds is 2. The SMILES string of the molecule is CC(C)(C)OC(=O)N1CC(NC(=O)CC#N)C1. The van der Waals surface area contributed by atoms with Gasteiger partial charge in [-0.05, 0) is 20.8 Å². The third-order valence-electron chi connectivity index (χ3n) is 2.14. The highest BCUT2D eigenvalue weighted by molar-refractivity contribution is 5.79. The minimum Gasteiger partial charge on any atom is -0.444 e. The number of likely N-dealkylation sites (tertiary alicyclic amines) is 1. The van der Waals surface area contributed by atoms with E-state index in [-0.39, 0.29) is 24.5 Å². The summed E-state index contributed by atoms with van der Waals surface area (Å²) in [5.41, 5.74) is -0.508. The number of ether oxygens (including phenoxy) is 1. The molecule has 0 atom stereocenters. The van der Waals surface area contributed by atoms with E-state index in [4.69, 9.17) is 10.00 Å². The van der Waals surface area contributed by atoms with Crippen LogP contribution in [0.4, 0.5) is 4.79 Å². The summed E-state index contributed by atoms with van der Waals surface area (Å²) in [6.45, 7) is 6.28. The summed E-state index contributed by atoms with van der Waals surface area (Å²) in [7, 11) is 0. The van der Waals surface area contributed by atoms with Gasteiger partial charge in [0, 0.05) is 13.1 Å². The maximum Gasteiger partial charge on any atom is 0.410 e. The van der Waals surface area contributed by atoms with E-state index in [0.29, 0.717) is 13.1 Å². The van der Waals surface area contributed by atoms with Gasteiger partial charge in [0.05, 0.1) is 12.1 Å². The van der Waals surface area contributed by atoms with Crippen LogP contribution in [0.2, 0.25) is 0 Å². The number of hydrogen-bond acceptors (Lipinski definition) is 4. The monoisotopic (exact) mass is 239 g/mol. The lowest BCUT2D eigenvalue weighted by Crippen LogP contribution is -2.61. The molecule has 0 aromatic rings. The van der Waals surface area contributed by atoms with E-state index in [9.17, 15) is 9.59 Å². The molecule has 6 heteroatoms. The third-order valence-corrected chi connectivity index (χ3v) is 2.14. The molecule has 1 N–H and O–H groups in total. The Bertz CT molecular complexity index is 348. The second kappa shape index (κ2) is 5.04. The molecule has 0 radical (unpaired) electrons. The molecule has 94 valence electrons. The molecule has 17 heavy (non-hydrogen) atoms. The summed E-state index contributed by atoms with van der Waals surface area (Å²) >= 11 is 0. The van der Waals surface area contributed by atoms with E-state index in [0.717, 1.165) is 0 Å². The predicted molar refractivity (Wildman–Crippen MR) is 60.0 cm³/mol. The molecule has 0 aromatic heterocycles. The van der Waals surface area contributed by atoms with E-state index in [1.54, 1.807) is 26.8 Å². The molecular formula is C11H17N3O3. The molecule has 1 rings (SSSR count). The Labute approximate surface area is 101 Å². The number of nitrogens with one attached hydrogen (secondary N) is 1. The van der Waals surface area contributed by atoms with Crippen molar-refractivity contribution in [1.82, 2.24) is 10.2 Å². The summed E-state index contributed by atoms with van der Waals surface area (Å²) in [5, 5.41) is 11.0. The molecule has 2 amide bonds. The Morgan fingerprint density at radius 2 is 2.06 bits per heavy atom. The first-order chi connectivity index (χ1) is 7.81. The van der Waals surface area contributed by atoms with Gasteiger partial charge in [-0.25, -0.2) is 4.79 Å². The lowest BCUT2D eigenvalue weighted by Gasteiger charge is -2.39. The van der Waals surface area contributed by atoms with Crippen molar-refractivity contribution >= 4 is 12.0 Å². The molecule has 1 aliphatic rings. The minimum atomic E-state index is -0.508. The van der Waals surface area contributed by atoms with Crippen molar-refractivity contribution in [1.29, 1.82) is 5.26 Å². The van der Waals surface area contributed by atoms with Gasteiger partial charge in [-0.1, -0.05) is 0 Å². The normalized spacial score (nSPS) is 15.8. The summed E-state index contributed by atoms with van der Waals surface area (Å²) in [4.78, 5) is 24.1. The molecule has 0 aliphatic carbocycles. The first-order valence-corrected chi connectivity index (χ1v) is 5.46. The van der Waals surface area contributed by atoms with Gasteiger partial charge < -0.3 is 15.0 Å².